The summed E-state index contributed by atoms with van der Waals surface area (Å²) in [6, 6.07) is 8.22. The smallest absolute Gasteiger partial charge is 0.340 e. The number of esters is 1. The second-order valence-electron chi connectivity index (χ2n) is 3.98. The van der Waals surface area contributed by atoms with Crippen molar-refractivity contribution in [2.75, 3.05) is 6.61 Å². The average Bonchev–Trinajstić information content (AvgIpc) is 2.67. The number of ether oxygens (including phenoxy) is 2. The van der Waals surface area contributed by atoms with Crippen LogP contribution in [0.25, 0.3) is 0 Å². The lowest BCUT2D eigenvalue weighted by molar-refractivity contribution is -0.139. The maximum Gasteiger partial charge on any atom is 0.340 e. The zero-order chi connectivity index (χ0) is 13.1. The van der Waals surface area contributed by atoms with Crippen LogP contribution in [-0.4, -0.2) is 52.5 Å². The Morgan fingerprint density at radius 2 is 1.89 bits per heavy atom. The van der Waals surface area contributed by atoms with Gasteiger partial charge in [-0.2, -0.15) is 0 Å². The second kappa shape index (κ2) is 5.45. The molecule has 6 heteroatoms. The predicted molar refractivity (Wildman–Crippen MR) is 59.6 cm³/mol. The van der Waals surface area contributed by atoms with E-state index >= 15 is 0 Å². The Hall–Kier alpha value is -1.47. The molecule has 0 spiro atoms. The molecular weight excluding hydrogens is 240 g/mol. The van der Waals surface area contributed by atoms with Gasteiger partial charge in [0.05, 0.1) is 12.2 Å². The highest BCUT2D eigenvalue weighted by Gasteiger charge is 2.44. The SMILES string of the molecule is O=C(O[C@@H]1O[C@H](CO)[C@@H](O)[C@H]1O)c1ccccc1. The van der Waals surface area contributed by atoms with Crippen LogP contribution in [0, 0.1) is 0 Å². The molecule has 6 nitrogen and oxygen atoms in total. The first-order valence-corrected chi connectivity index (χ1v) is 5.52. The van der Waals surface area contributed by atoms with E-state index < -0.39 is 37.2 Å². The second-order valence-corrected chi connectivity index (χ2v) is 3.98. The molecule has 0 unspecified atom stereocenters. The van der Waals surface area contributed by atoms with Gasteiger partial charge < -0.3 is 24.8 Å². The third-order valence-electron chi connectivity index (χ3n) is 2.73. The summed E-state index contributed by atoms with van der Waals surface area (Å²) in [7, 11) is 0. The fraction of sp³-hybridized carbons (Fsp3) is 0.417. The molecule has 1 aliphatic heterocycles. The van der Waals surface area contributed by atoms with E-state index in [0.29, 0.717) is 5.56 Å². The number of hydrogen-bond donors (Lipinski definition) is 3. The summed E-state index contributed by atoms with van der Waals surface area (Å²) in [4.78, 5) is 11.7. The van der Waals surface area contributed by atoms with Gasteiger partial charge in [0.15, 0.2) is 0 Å². The van der Waals surface area contributed by atoms with Crippen LogP contribution >= 0.6 is 0 Å². The lowest BCUT2D eigenvalue weighted by Crippen LogP contribution is -2.35. The zero-order valence-electron chi connectivity index (χ0n) is 9.47. The van der Waals surface area contributed by atoms with Crippen molar-refractivity contribution in [3.8, 4) is 0 Å². The van der Waals surface area contributed by atoms with E-state index in [1.54, 1.807) is 30.3 Å². The van der Waals surface area contributed by atoms with Gasteiger partial charge >= 0.3 is 5.97 Å². The van der Waals surface area contributed by atoms with Crippen LogP contribution in [0.15, 0.2) is 30.3 Å². The van der Waals surface area contributed by atoms with E-state index in [0.717, 1.165) is 0 Å². The molecule has 0 amide bonds. The molecule has 1 aromatic carbocycles. The number of carbonyl (C=O) groups excluding carboxylic acids is 1. The van der Waals surface area contributed by atoms with Crippen molar-refractivity contribution in [2.24, 2.45) is 0 Å². The van der Waals surface area contributed by atoms with E-state index in [1.165, 1.54) is 0 Å². The Bertz CT molecular complexity index is 406. The van der Waals surface area contributed by atoms with Crippen LogP contribution in [-0.2, 0) is 9.47 Å². The van der Waals surface area contributed by atoms with Crippen LogP contribution < -0.4 is 0 Å². The highest BCUT2D eigenvalue weighted by molar-refractivity contribution is 5.89. The van der Waals surface area contributed by atoms with E-state index in [9.17, 15) is 15.0 Å². The van der Waals surface area contributed by atoms with Crippen molar-refractivity contribution in [3.05, 3.63) is 35.9 Å². The molecule has 0 aliphatic carbocycles. The molecular formula is C12H14O6. The van der Waals surface area contributed by atoms with Gasteiger partial charge in [0.1, 0.15) is 18.3 Å². The fourth-order valence-corrected chi connectivity index (χ4v) is 1.71. The van der Waals surface area contributed by atoms with Gasteiger partial charge in [0, 0.05) is 0 Å². The minimum Gasteiger partial charge on any atom is -0.429 e. The largest absolute Gasteiger partial charge is 0.429 e. The molecule has 0 saturated carbocycles. The van der Waals surface area contributed by atoms with Gasteiger partial charge in [-0.3, -0.25) is 0 Å². The van der Waals surface area contributed by atoms with Gasteiger partial charge in [0.2, 0.25) is 6.29 Å². The standard InChI is InChI=1S/C12H14O6/c13-6-8-9(14)10(15)12(17-8)18-11(16)7-4-2-1-3-5-7/h1-5,8-10,12-15H,6H2/t8-,9-,10-,12+/m1/s1. The summed E-state index contributed by atoms with van der Waals surface area (Å²) in [5.74, 6) is -0.662. The quantitative estimate of drug-likeness (QED) is 0.616. The van der Waals surface area contributed by atoms with Crippen molar-refractivity contribution in [3.63, 3.8) is 0 Å². The van der Waals surface area contributed by atoms with Crippen LogP contribution in [0.2, 0.25) is 0 Å². The van der Waals surface area contributed by atoms with Crippen molar-refractivity contribution in [1.29, 1.82) is 0 Å². The Morgan fingerprint density at radius 3 is 2.44 bits per heavy atom. The molecule has 0 bridgehead atoms. The Morgan fingerprint density at radius 1 is 1.22 bits per heavy atom. The Balaban J connectivity index is 2.00. The number of aliphatic hydroxyl groups excluding tert-OH is 3. The summed E-state index contributed by atoms with van der Waals surface area (Å²) < 4.78 is 9.96. The molecule has 1 aliphatic rings. The van der Waals surface area contributed by atoms with E-state index in [2.05, 4.69) is 0 Å². The van der Waals surface area contributed by atoms with Crippen molar-refractivity contribution >= 4 is 5.97 Å². The van der Waals surface area contributed by atoms with Crippen molar-refractivity contribution < 1.29 is 29.6 Å². The molecule has 18 heavy (non-hydrogen) atoms. The number of rotatable bonds is 3. The van der Waals surface area contributed by atoms with Crippen LogP contribution in [0.3, 0.4) is 0 Å². The summed E-state index contributed by atoms with van der Waals surface area (Å²) >= 11 is 0. The highest BCUT2D eigenvalue weighted by Crippen LogP contribution is 2.22. The summed E-state index contributed by atoms with van der Waals surface area (Å²) in [6.45, 7) is -0.461. The first-order chi connectivity index (χ1) is 8.63. The van der Waals surface area contributed by atoms with Gasteiger partial charge in [0.25, 0.3) is 0 Å². The molecule has 1 heterocycles. The lowest BCUT2D eigenvalue weighted by atomic mass is 10.1. The molecule has 98 valence electrons. The average molecular weight is 254 g/mol. The van der Waals surface area contributed by atoms with Gasteiger partial charge in [-0.1, -0.05) is 18.2 Å². The molecule has 1 aromatic rings. The zero-order valence-corrected chi connectivity index (χ0v) is 9.47. The first kappa shape index (κ1) is 13.0. The minimum absolute atomic E-state index is 0.315. The summed E-state index contributed by atoms with van der Waals surface area (Å²) in [5.41, 5.74) is 0.315. The number of benzene rings is 1. The van der Waals surface area contributed by atoms with Gasteiger partial charge in [-0.05, 0) is 12.1 Å². The molecule has 0 aromatic heterocycles. The molecule has 1 fully saturated rings. The Kier molecular flexibility index (Phi) is 3.93. The minimum atomic E-state index is -1.37. The molecule has 3 N–H and O–H groups in total. The fourth-order valence-electron chi connectivity index (χ4n) is 1.71. The van der Waals surface area contributed by atoms with E-state index in [4.69, 9.17) is 14.6 Å². The van der Waals surface area contributed by atoms with Crippen molar-refractivity contribution in [2.45, 2.75) is 24.6 Å². The van der Waals surface area contributed by atoms with Gasteiger partial charge in [-0.15, -0.1) is 0 Å². The maximum absolute atomic E-state index is 11.7. The maximum atomic E-state index is 11.7. The number of carbonyl (C=O) groups is 1. The summed E-state index contributed by atoms with van der Waals surface area (Å²) in [6.07, 6.45) is -4.86. The normalized spacial score (nSPS) is 31.3. The predicted octanol–water partition coefficient (Wildman–Crippen LogP) is -0.718. The monoisotopic (exact) mass is 254 g/mol. The van der Waals surface area contributed by atoms with E-state index in [-0.39, 0.29) is 0 Å². The lowest BCUT2D eigenvalue weighted by Gasteiger charge is -2.15. The first-order valence-electron chi connectivity index (χ1n) is 5.52. The highest BCUT2D eigenvalue weighted by atomic mass is 16.7. The molecule has 4 atom stereocenters. The van der Waals surface area contributed by atoms with Crippen LogP contribution in [0.4, 0.5) is 0 Å². The van der Waals surface area contributed by atoms with Crippen molar-refractivity contribution in [1.82, 2.24) is 0 Å². The van der Waals surface area contributed by atoms with E-state index in [1.807, 2.05) is 0 Å². The topological polar surface area (TPSA) is 96.2 Å². The van der Waals surface area contributed by atoms with Crippen LogP contribution in [0.5, 0.6) is 0 Å². The molecule has 0 radical (unpaired) electrons. The van der Waals surface area contributed by atoms with Crippen LogP contribution in [0.1, 0.15) is 10.4 Å². The Labute approximate surface area is 103 Å². The molecule has 1 saturated heterocycles. The summed E-state index contributed by atoms with van der Waals surface area (Å²) in [5, 5.41) is 28.0. The third-order valence-corrected chi connectivity index (χ3v) is 2.73. The number of hydrogen-bond acceptors (Lipinski definition) is 6. The number of aliphatic hydroxyl groups is 3. The van der Waals surface area contributed by atoms with Gasteiger partial charge in [-0.25, -0.2) is 4.79 Å². The molecule has 2 rings (SSSR count). The third kappa shape index (κ3) is 2.51.